The zero-order valence-electron chi connectivity index (χ0n) is 8.85. The Hall–Kier alpha value is -0.490. The third-order valence-corrected chi connectivity index (χ3v) is 5.85. The first-order chi connectivity index (χ1) is 8.36. The van der Waals surface area contributed by atoms with E-state index in [0.717, 1.165) is 22.9 Å². The van der Waals surface area contributed by atoms with Gasteiger partial charge in [-0.25, -0.2) is 0 Å². The molecule has 17 heavy (non-hydrogen) atoms. The van der Waals surface area contributed by atoms with Crippen LogP contribution in [-0.2, 0) is 6.42 Å². The van der Waals surface area contributed by atoms with Crippen LogP contribution in [0.3, 0.4) is 0 Å². The van der Waals surface area contributed by atoms with Crippen LogP contribution in [0.2, 0.25) is 0 Å². The molecule has 3 aromatic rings. The Labute approximate surface area is 116 Å². The average molecular weight is 301 g/mol. The summed E-state index contributed by atoms with van der Waals surface area (Å²) in [5.74, 6) is 0.684. The van der Waals surface area contributed by atoms with Gasteiger partial charge in [0, 0.05) is 21.7 Å². The fourth-order valence-corrected chi connectivity index (χ4v) is 4.71. The van der Waals surface area contributed by atoms with Crippen molar-refractivity contribution in [3.05, 3.63) is 22.5 Å². The van der Waals surface area contributed by atoms with E-state index in [1.165, 1.54) is 14.3 Å². The number of thiophene rings is 2. The largest absolute Gasteiger partial charge is 0.157 e. The summed E-state index contributed by atoms with van der Waals surface area (Å²) >= 11 is 10.9. The molecule has 0 N–H and O–H groups in total. The first kappa shape index (κ1) is 11.6. The number of aryl methyl sites for hydroxylation is 1. The molecule has 0 saturated heterocycles. The number of nitrogens with zero attached hydrogens (tertiary/aromatic N) is 2. The highest BCUT2D eigenvalue weighted by atomic mass is 35.5. The lowest BCUT2D eigenvalue weighted by molar-refractivity contribution is 0.884. The predicted octanol–water partition coefficient (Wildman–Crippen LogP) is 4.65. The molecule has 0 aliphatic heterocycles. The average Bonchev–Trinajstić information content (AvgIpc) is 3.00. The summed E-state index contributed by atoms with van der Waals surface area (Å²) in [4.78, 5) is 1.22. The summed E-state index contributed by atoms with van der Waals surface area (Å²) in [5.41, 5.74) is 0. The van der Waals surface area contributed by atoms with Gasteiger partial charge in [-0.2, -0.15) is 0 Å². The number of aromatic nitrogens is 2. The molecule has 0 saturated carbocycles. The lowest BCUT2D eigenvalue weighted by Crippen LogP contribution is -1.84. The van der Waals surface area contributed by atoms with E-state index in [1.54, 1.807) is 34.0 Å². The highest BCUT2D eigenvalue weighted by Gasteiger charge is 2.10. The van der Waals surface area contributed by atoms with Gasteiger partial charge in [0.1, 0.15) is 5.01 Å². The molecule has 3 rings (SSSR count). The Morgan fingerprint density at radius 1 is 1.18 bits per heavy atom. The summed E-state index contributed by atoms with van der Waals surface area (Å²) in [6, 6.07) is 4.36. The van der Waals surface area contributed by atoms with Crippen LogP contribution in [0.4, 0.5) is 0 Å². The standard InChI is InChI=1S/C11H9ClN2S3/c12-4-1-2-10-13-14-11(17-10)9-6-8-7(16-9)3-5-15-8/h3,5-6H,1-2,4H2. The number of hydrogen-bond donors (Lipinski definition) is 0. The van der Waals surface area contributed by atoms with Gasteiger partial charge in [-0.15, -0.1) is 44.5 Å². The Balaban J connectivity index is 1.88. The highest BCUT2D eigenvalue weighted by Crippen LogP contribution is 2.37. The maximum absolute atomic E-state index is 5.67. The Bertz CT molecular complexity index is 597. The van der Waals surface area contributed by atoms with E-state index < -0.39 is 0 Å². The van der Waals surface area contributed by atoms with Crippen molar-refractivity contribution in [2.45, 2.75) is 12.8 Å². The number of alkyl halides is 1. The molecule has 3 aromatic heterocycles. The minimum Gasteiger partial charge on any atom is -0.143 e. The molecule has 0 aliphatic carbocycles. The molecule has 0 atom stereocenters. The molecule has 0 aliphatic rings. The molecule has 2 nitrogen and oxygen atoms in total. The quantitative estimate of drug-likeness (QED) is 0.655. The zero-order chi connectivity index (χ0) is 11.7. The van der Waals surface area contributed by atoms with Gasteiger partial charge >= 0.3 is 0 Å². The normalized spacial score (nSPS) is 11.4. The zero-order valence-corrected chi connectivity index (χ0v) is 12.1. The van der Waals surface area contributed by atoms with Crippen molar-refractivity contribution in [1.82, 2.24) is 10.2 Å². The predicted molar refractivity (Wildman–Crippen MR) is 77.6 cm³/mol. The second kappa shape index (κ2) is 5.02. The molecule has 0 spiro atoms. The molecule has 3 heterocycles. The van der Waals surface area contributed by atoms with Crippen molar-refractivity contribution in [3.63, 3.8) is 0 Å². The van der Waals surface area contributed by atoms with Gasteiger partial charge in [-0.05, 0) is 23.9 Å². The van der Waals surface area contributed by atoms with E-state index in [2.05, 4.69) is 27.7 Å². The van der Waals surface area contributed by atoms with Crippen LogP contribution < -0.4 is 0 Å². The van der Waals surface area contributed by atoms with Crippen LogP contribution in [0.25, 0.3) is 19.3 Å². The van der Waals surface area contributed by atoms with Crippen LogP contribution in [0, 0.1) is 0 Å². The summed E-state index contributed by atoms with van der Waals surface area (Å²) in [7, 11) is 0. The van der Waals surface area contributed by atoms with E-state index >= 15 is 0 Å². The van der Waals surface area contributed by atoms with E-state index in [0.29, 0.717) is 5.88 Å². The lowest BCUT2D eigenvalue weighted by Gasteiger charge is -1.88. The number of rotatable bonds is 4. The van der Waals surface area contributed by atoms with Gasteiger partial charge < -0.3 is 0 Å². The van der Waals surface area contributed by atoms with Crippen molar-refractivity contribution in [3.8, 4) is 9.88 Å². The first-order valence-electron chi connectivity index (χ1n) is 5.22. The van der Waals surface area contributed by atoms with E-state index in [9.17, 15) is 0 Å². The van der Waals surface area contributed by atoms with Crippen molar-refractivity contribution in [2.75, 3.05) is 5.88 Å². The third kappa shape index (κ3) is 2.38. The molecule has 0 aromatic carbocycles. The summed E-state index contributed by atoms with van der Waals surface area (Å²) < 4.78 is 2.67. The van der Waals surface area contributed by atoms with Crippen LogP contribution in [0.1, 0.15) is 11.4 Å². The fraction of sp³-hybridized carbons (Fsp3) is 0.273. The molecule has 0 unspecified atom stereocenters. The lowest BCUT2D eigenvalue weighted by atomic mass is 10.4. The van der Waals surface area contributed by atoms with Crippen molar-refractivity contribution < 1.29 is 0 Å². The van der Waals surface area contributed by atoms with Crippen molar-refractivity contribution in [1.29, 1.82) is 0 Å². The van der Waals surface area contributed by atoms with Gasteiger partial charge in [0.25, 0.3) is 0 Å². The van der Waals surface area contributed by atoms with Crippen molar-refractivity contribution >= 4 is 55.0 Å². The maximum Gasteiger partial charge on any atom is 0.157 e. The molecule has 6 heteroatoms. The van der Waals surface area contributed by atoms with Gasteiger partial charge in [0.05, 0.1) is 4.88 Å². The SMILES string of the molecule is ClCCCc1nnc(-c2cc3sccc3s2)s1. The van der Waals surface area contributed by atoms with Crippen LogP contribution >= 0.6 is 45.6 Å². The van der Waals surface area contributed by atoms with Crippen LogP contribution in [0.15, 0.2) is 17.5 Å². The number of halogens is 1. The monoisotopic (exact) mass is 300 g/mol. The Kier molecular flexibility index (Phi) is 3.42. The second-order valence-corrected chi connectivity index (χ2v) is 7.02. The first-order valence-corrected chi connectivity index (χ1v) is 8.27. The molecule has 88 valence electrons. The highest BCUT2D eigenvalue weighted by molar-refractivity contribution is 7.30. The second-order valence-electron chi connectivity index (χ2n) is 3.55. The van der Waals surface area contributed by atoms with Gasteiger partial charge in [0.2, 0.25) is 0 Å². The fourth-order valence-electron chi connectivity index (χ4n) is 1.54. The van der Waals surface area contributed by atoms with Gasteiger partial charge in [0.15, 0.2) is 5.01 Å². The smallest absolute Gasteiger partial charge is 0.143 e. The van der Waals surface area contributed by atoms with E-state index in [-0.39, 0.29) is 0 Å². The number of fused-ring (bicyclic) bond motifs is 1. The topological polar surface area (TPSA) is 25.8 Å². The minimum absolute atomic E-state index is 0.684. The Morgan fingerprint density at radius 3 is 2.94 bits per heavy atom. The molecular weight excluding hydrogens is 292 g/mol. The summed E-state index contributed by atoms with van der Waals surface area (Å²) in [6.45, 7) is 0. The van der Waals surface area contributed by atoms with E-state index in [1.807, 2.05) is 0 Å². The summed E-state index contributed by atoms with van der Waals surface area (Å²) in [6.07, 6.45) is 1.90. The van der Waals surface area contributed by atoms with E-state index in [4.69, 9.17) is 11.6 Å². The minimum atomic E-state index is 0.684. The Morgan fingerprint density at radius 2 is 2.12 bits per heavy atom. The molecule has 0 radical (unpaired) electrons. The molecule has 0 fully saturated rings. The molecule has 0 amide bonds. The van der Waals surface area contributed by atoms with Crippen molar-refractivity contribution in [2.24, 2.45) is 0 Å². The van der Waals surface area contributed by atoms with Crippen LogP contribution in [0.5, 0.6) is 0 Å². The van der Waals surface area contributed by atoms with Gasteiger partial charge in [-0.3, -0.25) is 0 Å². The van der Waals surface area contributed by atoms with Gasteiger partial charge in [-0.1, -0.05) is 11.3 Å². The number of hydrogen-bond acceptors (Lipinski definition) is 5. The van der Waals surface area contributed by atoms with Crippen LogP contribution in [-0.4, -0.2) is 16.1 Å². The molecule has 0 bridgehead atoms. The molecular formula is C11H9ClN2S3. The summed E-state index contributed by atoms with van der Waals surface area (Å²) in [5, 5.41) is 12.7. The third-order valence-electron chi connectivity index (χ3n) is 2.34. The maximum atomic E-state index is 5.67.